The van der Waals surface area contributed by atoms with Gasteiger partial charge in [-0.15, -0.1) is 10.2 Å². The molecule has 0 fully saturated rings. The van der Waals surface area contributed by atoms with E-state index >= 15 is 0 Å². The zero-order valence-corrected chi connectivity index (χ0v) is 18.5. The normalized spacial score (nSPS) is 12.0. The summed E-state index contributed by atoms with van der Waals surface area (Å²) in [5.41, 5.74) is 3.20. The largest absolute Gasteiger partial charge is 0.497 e. The highest BCUT2D eigenvalue weighted by Crippen LogP contribution is 2.25. The van der Waals surface area contributed by atoms with E-state index in [1.165, 1.54) is 17.3 Å². The number of hydrogen-bond acceptors (Lipinski definition) is 6. The van der Waals surface area contributed by atoms with Crippen LogP contribution in [0.15, 0.2) is 58.2 Å². The molecule has 0 aliphatic heterocycles. The van der Waals surface area contributed by atoms with Crippen LogP contribution in [0.1, 0.15) is 37.9 Å². The minimum absolute atomic E-state index is 0.0660. The lowest BCUT2D eigenvalue weighted by Crippen LogP contribution is -2.28. The van der Waals surface area contributed by atoms with Crippen molar-refractivity contribution in [3.8, 4) is 17.2 Å². The fraction of sp³-hybridized carbons (Fsp3) is 0.348. The van der Waals surface area contributed by atoms with E-state index in [0.29, 0.717) is 17.0 Å². The molecule has 0 saturated heterocycles. The van der Waals surface area contributed by atoms with E-state index in [-0.39, 0.29) is 17.7 Å². The van der Waals surface area contributed by atoms with Gasteiger partial charge in [0.05, 0.1) is 18.9 Å². The molecule has 0 aliphatic carbocycles. The second-order valence-electron chi connectivity index (χ2n) is 7.52. The molecule has 158 valence electrons. The third kappa shape index (κ3) is 6.10. The molecule has 3 rings (SSSR count). The van der Waals surface area contributed by atoms with Crippen molar-refractivity contribution in [2.75, 3.05) is 12.9 Å². The summed E-state index contributed by atoms with van der Waals surface area (Å²) in [6, 6.07) is 15.7. The molecule has 6 nitrogen and oxygen atoms in total. The summed E-state index contributed by atoms with van der Waals surface area (Å²) in [7, 11) is 1.62. The molecule has 7 heteroatoms. The number of rotatable bonds is 9. The van der Waals surface area contributed by atoms with Gasteiger partial charge in [0.25, 0.3) is 5.22 Å². The fourth-order valence-corrected chi connectivity index (χ4v) is 3.60. The molecular weight excluding hydrogens is 398 g/mol. The van der Waals surface area contributed by atoms with E-state index in [1.54, 1.807) is 7.11 Å². The summed E-state index contributed by atoms with van der Waals surface area (Å²) in [5, 5.41) is 11.4. The predicted octanol–water partition coefficient (Wildman–Crippen LogP) is 4.91. The number of nitrogens with zero attached hydrogens (tertiary/aromatic N) is 2. The Morgan fingerprint density at radius 3 is 2.40 bits per heavy atom. The Balaban J connectivity index is 1.50. The second-order valence-corrected chi connectivity index (χ2v) is 8.45. The number of thioether (sulfide) groups is 1. The number of methoxy groups -OCH3 is 1. The minimum atomic E-state index is -0.0806. The quantitative estimate of drug-likeness (QED) is 0.491. The first-order valence-corrected chi connectivity index (χ1v) is 10.9. The van der Waals surface area contributed by atoms with Crippen LogP contribution in [0, 0.1) is 5.92 Å². The van der Waals surface area contributed by atoms with Gasteiger partial charge in [-0.1, -0.05) is 49.9 Å². The molecule has 0 aliphatic rings. The van der Waals surface area contributed by atoms with Crippen LogP contribution in [0.3, 0.4) is 0 Å². The topological polar surface area (TPSA) is 77.2 Å². The van der Waals surface area contributed by atoms with Gasteiger partial charge >= 0.3 is 0 Å². The molecule has 1 amide bonds. The van der Waals surface area contributed by atoms with Crippen molar-refractivity contribution >= 4 is 17.7 Å². The van der Waals surface area contributed by atoms with Gasteiger partial charge in [-0.05, 0) is 54.7 Å². The number of nitrogens with one attached hydrogen (secondary N) is 1. The molecule has 1 heterocycles. The maximum atomic E-state index is 12.3. The zero-order valence-electron chi connectivity index (χ0n) is 17.7. The van der Waals surface area contributed by atoms with Crippen LogP contribution >= 0.6 is 11.8 Å². The zero-order chi connectivity index (χ0) is 21.5. The van der Waals surface area contributed by atoms with Gasteiger partial charge in [0.15, 0.2) is 0 Å². The number of amides is 1. The Labute approximate surface area is 181 Å². The summed E-state index contributed by atoms with van der Waals surface area (Å²) in [6.07, 6.45) is 1.06. The Kier molecular flexibility index (Phi) is 7.52. The van der Waals surface area contributed by atoms with Crippen LogP contribution in [0.2, 0.25) is 0 Å². The Morgan fingerprint density at radius 2 is 1.77 bits per heavy atom. The molecule has 1 atom stereocenters. The number of carbonyl (C=O) groups excluding carboxylic acids is 1. The molecule has 1 N–H and O–H groups in total. The average Bonchev–Trinajstić information content (AvgIpc) is 3.21. The monoisotopic (exact) mass is 425 g/mol. The Hall–Kier alpha value is -2.80. The highest BCUT2D eigenvalue weighted by Gasteiger charge is 2.14. The molecular formula is C23H27N3O3S. The molecule has 30 heavy (non-hydrogen) atoms. The number of aromatic nitrogens is 2. The average molecular weight is 426 g/mol. The molecule has 3 aromatic rings. The van der Waals surface area contributed by atoms with Crippen LogP contribution in [0.4, 0.5) is 0 Å². The summed E-state index contributed by atoms with van der Waals surface area (Å²) in [6.45, 7) is 6.39. The molecule has 0 unspecified atom stereocenters. The summed E-state index contributed by atoms with van der Waals surface area (Å²) in [5.74, 6) is 1.92. The number of hydrogen-bond donors (Lipinski definition) is 1. The maximum absolute atomic E-state index is 12.3. The highest BCUT2D eigenvalue weighted by atomic mass is 32.2. The van der Waals surface area contributed by atoms with E-state index in [4.69, 9.17) is 9.15 Å². The van der Waals surface area contributed by atoms with E-state index in [0.717, 1.165) is 23.3 Å². The number of carbonyl (C=O) groups is 1. The van der Waals surface area contributed by atoms with Crippen molar-refractivity contribution in [1.29, 1.82) is 0 Å². The smallest absolute Gasteiger partial charge is 0.277 e. The van der Waals surface area contributed by atoms with Gasteiger partial charge in [-0.3, -0.25) is 4.79 Å². The lowest BCUT2D eigenvalue weighted by atomic mass is 10.00. The third-order valence-electron chi connectivity index (χ3n) is 4.57. The molecule has 0 bridgehead atoms. The van der Waals surface area contributed by atoms with Gasteiger partial charge < -0.3 is 14.5 Å². The molecule has 2 aromatic carbocycles. The van der Waals surface area contributed by atoms with E-state index in [1.807, 2.05) is 31.2 Å². The van der Waals surface area contributed by atoms with E-state index in [9.17, 15) is 4.79 Å². The van der Waals surface area contributed by atoms with Gasteiger partial charge in [0, 0.05) is 5.56 Å². The summed E-state index contributed by atoms with van der Waals surface area (Å²) < 4.78 is 10.8. The van der Waals surface area contributed by atoms with Crippen molar-refractivity contribution in [1.82, 2.24) is 15.5 Å². The number of ether oxygens (including phenoxy) is 1. The first-order chi connectivity index (χ1) is 14.4. The first kappa shape index (κ1) is 21.9. The maximum Gasteiger partial charge on any atom is 0.277 e. The molecule has 0 saturated carbocycles. The van der Waals surface area contributed by atoms with Crippen LogP contribution in [-0.2, 0) is 11.2 Å². The van der Waals surface area contributed by atoms with Crippen LogP contribution < -0.4 is 10.1 Å². The van der Waals surface area contributed by atoms with Crippen molar-refractivity contribution in [3.63, 3.8) is 0 Å². The third-order valence-corrected chi connectivity index (χ3v) is 5.39. The fourth-order valence-electron chi connectivity index (χ4n) is 3.03. The Bertz CT molecular complexity index is 953. The van der Waals surface area contributed by atoms with Crippen molar-refractivity contribution < 1.29 is 13.9 Å². The Morgan fingerprint density at radius 1 is 1.07 bits per heavy atom. The second kappa shape index (κ2) is 10.3. The molecule has 0 radical (unpaired) electrons. The SMILES string of the molecule is COc1ccc(-c2nnc(SCC(=O)N[C@@H](C)c3ccc(CC(C)C)cc3)o2)cc1. The standard InChI is InChI=1S/C23H27N3O3S/c1-15(2)13-17-5-7-18(8-6-17)16(3)24-21(27)14-30-23-26-25-22(29-23)19-9-11-20(28-4)12-10-19/h5-12,15-16H,13-14H2,1-4H3,(H,24,27)/t16-/m0/s1. The van der Waals surface area contributed by atoms with Crippen molar-refractivity contribution in [2.45, 2.75) is 38.5 Å². The van der Waals surface area contributed by atoms with Crippen molar-refractivity contribution in [3.05, 3.63) is 59.7 Å². The lowest BCUT2D eigenvalue weighted by molar-refractivity contribution is -0.119. The predicted molar refractivity (Wildman–Crippen MR) is 119 cm³/mol. The molecule has 1 aromatic heterocycles. The van der Waals surface area contributed by atoms with Gasteiger partial charge in [-0.2, -0.15) is 0 Å². The van der Waals surface area contributed by atoms with Crippen LogP contribution in [0.25, 0.3) is 11.5 Å². The van der Waals surface area contributed by atoms with Crippen molar-refractivity contribution in [2.24, 2.45) is 5.92 Å². The van der Waals surface area contributed by atoms with Gasteiger partial charge in [-0.25, -0.2) is 0 Å². The highest BCUT2D eigenvalue weighted by molar-refractivity contribution is 7.99. The van der Waals surface area contributed by atoms with Gasteiger partial charge in [0.1, 0.15) is 5.75 Å². The minimum Gasteiger partial charge on any atom is -0.497 e. The summed E-state index contributed by atoms with van der Waals surface area (Å²) in [4.78, 5) is 12.3. The van der Waals surface area contributed by atoms with E-state index < -0.39 is 0 Å². The molecule has 0 spiro atoms. The van der Waals surface area contributed by atoms with E-state index in [2.05, 4.69) is 53.6 Å². The van der Waals surface area contributed by atoms with Crippen LogP contribution in [-0.4, -0.2) is 29.0 Å². The summed E-state index contributed by atoms with van der Waals surface area (Å²) >= 11 is 1.22. The van der Waals surface area contributed by atoms with Gasteiger partial charge in [0.2, 0.25) is 11.8 Å². The van der Waals surface area contributed by atoms with Crippen LogP contribution in [0.5, 0.6) is 5.75 Å². The first-order valence-electron chi connectivity index (χ1n) is 9.93. The lowest BCUT2D eigenvalue weighted by Gasteiger charge is -2.15. The number of benzene rings is 2.